The zero-order valence-electron chi connectivity index (χ0n) is 29.8. The van der Waals surface area contributed by atoms with E-state index in [4.69, 9.17) is 35.4 Å². The SMILES string of the molecule is C[SiH]1O[Si](C)(CCCn2c(=O)n(CC3CO3)c(=O)n(CC3CO3)c2=O)O[SiH](C)O[Si](C)(CCCn2c(=O)n(CC3CO3)c(=O)n(C3CCO3)c2=O)O1. The Kier molecular flexibility index (Phi) is 10.8. The van der Waals surface area contributed by atoms with Crippen LogP contribution in [0, 0.1) is 0 Å². The third-order valence-electron chi connectivity index (χ3n) is 9.74. The molecule has 7 heterocycles. The Bertz CT molecular complexity index is 1960. The van der Waals surface area contributed by atoms with E-state index in [1.165, 1.54) is 0 Å². The van der Waals surface area contributed by atoms with Gasteiger partial charge in [-0.2, -0.15) is 0 Å². The Hall–Kier alpha value is -2.63. The second-order valence-corrected chi connectivity index (χ2v) is 25.8. The van der Waals surface area contributed by atoms with Crippen molar-refractivity contribution in [3.8, 4) is 0 Å². The van der Waals surface area contributed by atoms with E-state index in [0.29, 0.717) is 57.8 Å². The van der Waals surface area contributed by atoms with E-state index >= 15 is 0 Å². The van der Waals surface area contributed by atoms with Crippen LogP contribution < -0.4 is 34.1 Å². The minimum absolute atomic E-state index is 0.0569. The lowest BCUT2D eigenvalue weighted by Crippen LogP contribution is -2.58. The molecule has 52 heavy (non-hydrogen) atoms. The summed E-state index contributed by atoms with van der Waals surface area (Å²) in [4.78, 5) is 79.4. The molecule has 5 fully saturated rings. The van der Waals surface area contributed by atoms with Crippen LogP contribution in [0.4, 0.5) is 0 Å². The number of ether oxygens (including phenoxy) is 4. The van der Waals surface area contributed by atoms with Gasteiger partial charge in [0.05, 0.1) is 64.4 Å². The molecule has 2 aromatic heterocycles. The van der Waals surface area contributed by atoms with Gasteiger partial charge < -0.3 is 35.4 Å². The van der Waals surface area contributed by atoms with E-state index in [1.54, 1.807) is 0 Å². The van der Waals surface area contributed by atoms with Crippen LogP contribution in [0.25, 0.3) is 0 Å². The number of aromatic nitrogens is 6. The van der Waals surface area contributed by atoms with E-state index in [9.17, 15) is 28.8 Å². The van der Waals surface area contributed by atoms with Crippen molar-refractivity contribution in [2.24, 2.45) is 0 Å². The summed E-state index contributed by atoms with van der Waals surface area (Å²) in [6.07, 6.45) is -0.119. The van der Waals surface area contributed by atoms with E-state index in [0.717, 1.165) is 27.4 Å². The van der Waals surface area contributed by atoms with Crippen LogP contribution >= 0.6 is 0 Å². The molecule has 0 aromatic carbocycles. The summed E-state index contributed by atoms with van der Waals surface area (Å²) in [6.45, 7) is 9.80. The van der Waals surface area contributed by atoms with Crippen molar-refractivity contribution in [1.29, 1.82) is 0 Å². The maximum Gasteiger partial charge on any atom is 0.338 e. The second-order valence-electron chi connectivity index (χ2n) is 14.3. The summed E-state index contributed by atoms with van der Waals surface area (Å²) in [6, 6.07) is 0.905. The molecule has 0 bridgehead atoms. The van der Waals surface area contributed by atoms with Gasteiger partial charge in [-0.3, -0.25) is 0 Å². The Morgan fingerprint density at radius 1 is 0.558 bits per heavy atom. The van der Waals surface area contributed by atoms with Crippen molar-refractivity contribution < 1.29 is 35.4 Å². The highest BCUT2D eigenvalue weighted by Gasteiger charge is 2.45. The molecule has 0 N–H and O–H groups in total. The summed E-state index contributed by atoms with van der Waals surface area (Å²) in [7, 11) is -10.4. The van der Waals surface area contributed by atoms with Gasteiger partial charge >= 0.3 is 69.8 Å². The van der Waals surface area contributed by atoms with Gasteiger partial charge in [-0.05, 0) is 51.1 Å². The van der Waals surface area contributed by atoms with Crippen molar-refractivity contribution in [1.82, 2.24) is 27.4 Å². The standard InChI is InChI=1S/C28H46N6O14Si4/c1-49-45-51(3,11-5-8-29-23(35)31(13-19-16-42-19)26(38)32(24(29)36)14-20-17-43-20)46-50(2)48-52(4,47-49)12-6-9-30-25(37)33(15-21-18-44-21)28(40)34(27(30)39)22-7-10-41-22/h19-22,49-50H,5-18H2,1-4H3. The summed E-state index contributed by atoms with van der Waals surface area (Å²) >= 11 is 0. The maximum atomic E-state index is 13.4. The van der Waals surface area contributed by atoms with Crippen molar-refractivity contribution in [3.63, 3.8) is 0 Å². The lowest BCUT2D eigenvalue weighted by atomic mass is 10.3. The molecular formula is C28H46N6O14Si4. The Morgan fingerprint density at radius 2 is 0.885 bits per heavy atom. The normalized spacial score (nSPS) is 32.5. The highest BCUT2D eigenvalue weighted by molar-refractivity contribution is 6.85. The minimum Gasteiger partial charge on any atom is -0.418 e. The zero-order valence-corrected chi connectivity index (χ0v) is 34.1. The van der Waals surface area contributed by atoms with Crippen LogP contribution in [0.3, 0.4) is 0 Å². The molecule has 5 aliphatic rings. The highest BCUT2D eigenvalue weighted by atomic mass is 28.5. The van der Waals surface area contributed by atoms with Crippen molar-refractivity contribution >= 4 is 35.7 Å². The quantitative estimate of drug-likeness (QED) is 0.131. The summed E-state index contributed by atoms with van der Waals surface area (Å²) < 4.78 is 53.8. The summed E-state index contributed by atoms with van der Waals surface area (Å²) in [5, 5.41) is 0. The molecule has 20 nitrogen and oxygen atoms in total. The topological polar surface area (TPSA) is 216 Å². The molecule has 0 saturated carbocycles. The fraction of sp³-hybridized carbons (Fsp3) is 0.786. The molecule has 0 radical (unpaired) electrons. The molecule has 0 spiro atoms. The van der Waals surface area contributed by atoms with Crippen LogP contribution in [0.15, 0.2) is 28.8 Å². The first-order valence-corrected chi connectivity index (χ1v) is 27.1. The van der Waals surface area contributed by atoms with Crippen LogP contribution in [-0.4, -0.2) is 108 Å². The van der Waals surface area contributed by atoms with E-state index in [2.05, 4.69) is 0 Å². The number of nitrogens with zero attached hydrogens (tertiary/aromatic N) is 6. The van der Waals surface area contributed by atoms with Crippen molar-refractivity contribution in [2.45, 2.75) is 115 Å². The van der Waals surface area contributed by atoms with Crippen LogP contribution in [0.1, 0.15) is 25.5 Å². The molecule has 2 aromatic rings. The molecule has 288 valence electrons. The van der Waals surface area contributed by atoms with Crippen molar-refractivity contribution in [3.05, 3.63) is 62.9 Å². The zero-order chi connectivity index (χ0) is 36.9. The average molecular weight is 803 g/mol. The van der Waals surface area contributed by atoms with Gasteiger partial charge in [0, 0.05) is 19.5 Å². The molecule has 6 unspecified atom stereocenters. The van der Waals surface area contributed by atoms with Gasteiger partial charge in [-0.1, -0.05) is 0 Å². The number of hydrogen-bond donors (Lipinski definition) is 0. The molecule has 5 aliphatic heterocycles. The monoisotopic (exact) mass is 802 g/mol. The lowest BCUT2D eigenvalue weighted by Gasteiger charge is -2.41. The van der Waals surface area contributed by atoms with E-state index in [-0.39, 0.29) is 51.0 Å². The van der Waals surface area contributed by atoms with Crippen LogP contribution in [0.2, 0.25) is 38.3 Å². The average Bonchev–Trinajstić information content (AvgIpc) is 3.89. The minimum atomic E-state index is -2.89. The number of rotatable bonds is 15. The fourth-order valence-corrected chi connectivity index (χ4v) is 24.3. The molecular weight excluding hydrogens is 757 g/mol. The molecule has 0 aliphatic carbocycles. The lowest BCUT2D eigenvalue weighted by molar-refractivity contribution is -0.106. The Balaban J connectivity index is 0.998. The van der Waals surface area contributed by atoms with Gasteiger partial charge in [0.1, 0.15) is 6.23 Å². The van der Waals surface area contributed by atoms with Crippen molar-refractivity contribution in [2.75, 3.05) is 26.4 Å². The summed E-state index contributed by atoms with van der Waals surface area (Å²) in [5.41, 5.74) is -4.08. The predicted molar refractivity (Wildman–Crippen MR) is 190 cm³/mol. The molecule has 7 rings (SSSR count). The van der Waals surface area contributed by atoms with Crippen LogP contribution in [0.5, 0.6) is 0 Å². The molecule has 0 amide bonds. The molecule has 6 atom stereocenters. The largest absolute Gasteiger partial charge is 0.418 e. The van der Waals surface area contributed by atoms with Crippen LogP contribution in [-0.2, 0) is 68.1 Å². The second kappa shape index (κ2) is 14.9. The Labute approximate surface area is 302 Å². The predicted octanol–water partition coefficient (Wildman–Crippen LogP) is -2.82. The van der Waals surface area contributed by atoms with Gasteiger partial charge in [-0.15, -0.1) is 0 Å². The summed E-state index contributed by atoms with van der Waals surface area (Å²) in [5.74, 6) is 0. The smallest absolute Gasteiger partial charge is 0.338 e. The van der Waals surface area contributed by atoms with Gasteiger partial charge in [0.25, 0.3) is 0 Å². The fourth-order valence-electron chi connectivity index (χ4n) is 6.85. The first kappa shape index (κ1) is 37.7. The molecule has 24 heteroatoms. The number of epoxide rings is 3. The maximum absolute atomic E-state index is 13.4. The van der Waals surface area contributed by atoms with Gasteiger partial charge in [0.2, 0.25) is 0 Å². The van der Waals surface area contributed by atoms with E-state index < -0.39 is 76.1 Å². The van der Waals surface area contributed by atoms with Gasteiger partial charge in [0.15, 0.2) is 0 Å². The Morgan fingerprint density at radius 3 is 1.23 bits per heavy atom. The first-order chi connectivity index (χ1) is 24.7. The van der Waals surface area contributed by atoms with Gasteiger partial charge in [-0.25, -0.2) is 56.2 Å². The number of hydrogen-bond acceptors (Lipinski definition) is 14. The highest BCUT2D eigenvalue weighted by Crippen LogP contribution is 2.28. The third-order valence-corrected chi connectivity index (χ3v) is 25.5. The first-order valence-electron chi connectivity index (χ1n) is 17.8. The third kappa shape index (κ3) is 8.36. The molecule has 5 saturated heterocycles. The van der Waals surface area contributed by atoms with E-state index in [1.807, 2.05) is 26.2 Å².